The van der Waals surface area contributed by atoms with Crippen LogP contribution in [0.5, 0.6) is 5.75 Å². The molecule has 98 valence electrons. The zero-order valence-corrected chi connectivity index (χ0v) is 11.1. The molecule has 0 aliphatic rings. The maximum absolute atomic E-state index is 12.0. The molecular weight excluding hydrogens is 242 g/mol. The Balaban J connectivity index is 2.69. The van der Waals surface area contributed by atoms with Gasteiger partial charge < -0.3 is 9.64 Å². The van der Waals surface area contributed by atoms with Gasteiger partial charge in [-0.2, -0.15) is 10.5 Å². The van der Waals surface area contributed by atoms with Crippen molar-refractivity contribution >= 4 is 5.91 Å². The summed E-state index contributed by atoms with van der Waals surface area (Å²) in [5.74, 6) is 0.247. The van der Waals surface area contributed by atoms with E-state index in [0.29, 0.717) is 11.3 Å². The number of ether oxygens (including phenoxy) is 1. The summed E-state index contributed by atoms with van der Waals surface area (Å²) in [6, 6.07) is 10.0. The Hall–Kier alpha value is -2.53. The summed E-state index contributed by atoms with van der Waals surface area (Å²) in [5.41, 5.74) is 0.529. The third-order valence-electron chi connectivity index (χ3n) is 2.76. The molecule has 0 saturated heterocycles. The van der Waals surface area contributed by atoms with E-state index in [0.717, 1.165) is 0 Å². The van der Waals surface area contributed by atoms with Crippen LogP contribution in [0, 0.1) is 22.7 Å². The van der Waals surface area contributed by atoms with Gasteiger partial charge in [-0.05, 0) is 38.1 Å². The molecule has 0 aromatic heterocycles. The lowest BCUT2D eigenvalue weighted by molar-refractivity contribution is -0.137. The first kappa shape index (κ1) is 14.5. The fourth-order valence-corrected chi connectivity index (χ4v) is 1.43. The van der Waals surface area contributed by atoms with E-state index in [2.05, 4.69) is 0 Å². The van der Waals surface area contributed by atoms with Gasteiger partial charge >= 0.3 is 0 Å². The molecule has 0 aliphatic carbocycles. The van der Waals surface area contributed by atoms with Crippen LogP contribution >= 0.6 is 0 Å². The summed E-state index contributed by atoms with van der Waals surface area (Å²) >= 11 is 0. The largest absolute Gasteiger partial charge is 0.481 e. The third kappa shape index (κ3) is 3.72. The van der Waals surface area contributed by atoms with Crippen LogP contribution in [0.1, 0.15) is 19.4 Å². The van der Waals surface area contributed by atoms with Gasteiger partial charge in [0, 0.05) is 7.05 Å². The summed E-state index contributed by atoms with van der Waals surface area (Å²) < 4.78 is 5.48. The molecule has 2 atom stereocenters. The van der Waals surface area contributed by atoms with Crippen molar-refractivity contribution in [3.05, 3.63) is 29.8 Å². The van der Waals surface area contributed by atoms with E-state index in [9.17, 15) is 4.79 Å². The molecule has 0 bridgehead atoms. The highest BCUT2D eigenvalue weighted by Gasteiger charge is 2.22. The molecule has 2 unspecified atom stereocenters. The van der Waals surface area contributed by atoms with Gasteiger partial charge in [0.2, 0.25) is 0 Å². The van der Waals surface area contributed by atoms with Crippen molar-refractivity contribution in [3.8, 4) is 17.9 Å². The van der Waals surface area contributed by atoms with Gasteiger partial charge in [-0.3, -0.25) is 4.79 Å². The normalized spacial score (nSPS) is 12.7. The zero-order valence-electron chi connectivity index (χ0n) is 11.1. The average molecular weight is 257 g/mol. The van der Waals surface area contributed by atoms with Crippen molar-refractivity contribution in [1.29, 1.82) is 10.5 Å². The van der Waals surface area contributed by atoms with Gasteiger partial charge in [0.05, 0.1) is 17.7 Å². The van der Waals surface area contributed by atoms with Crippen molar-refractivity contribution in [2.45, 2.75) is 26.0 Å². The number of carbonyl (C=O) groups is 1. The maximum Gasteiger partial charge on any atom is 0.264 e. The smallest absolute Gasteiger partial charge is 0.264 e. The van der Waals surface area contributed by atoms with Crippen molar-refractivity contribution in [1.82, 2.24) is 4.90 Å². The molecule has 0 spiro atoms. The van der Waals surface area contributed by atoms with Gasteiger partial charge in [0.1, 0.15) is 11.8 Å². The molecular formula is C14H15N3O2. The van der Waals surface area contributed by atoms with Crippen LogP contribution in [0.2, 0.25) is 0 Å². The standard InChI is InChI=1S/C14H15N3O2/c1-10(8-15)17(3)14(18)11(2)19-13-6-4-12(9-16)5-7-13/h4-7,10-11H,1-3H3. The van der Waals surface area contributed by atoms with Crippen molar-refractivity contribution in [2.24, 2.45) is 0 Å². The van der Waals surface area contributed by atoms with Crippen LogP contribution in [0.15, 0.2) is 24.3 Å². The lowest BCUT2D eigenvalue weighted by atomic mass is 10.2. The molecule has 5 heteroatoms. The number of hydrogen-bond donors (Lipinski definition) is 0. The number of rotatable bonds is 4. The van der Waals surface area contributed by atoms with E-state index in [1.54, 1.807) is 45.2 Å². The molecule has 19 heavy (non-hydrogen) atoms. The quantitative estimate of drug-likeness (QED) is 0.822. The third-order valence-corrected chi connectivity index (χ3v) is 2.76. The molecule has 5 nitrogen and oxygen atoms in total. The first-order chi connectivity index (χ1) is 8.99. The van der Waals surface area contributed by atoms with Crippen LogP contribution in [-0.4, -0.2) is 30.0 Å². The maximum atomic E-state index is 12.0. The highest BCUT2D eigenvalue weighted by molar-refractivity contribution is 5.81. The number of hydrogen-bond acceptors (Lipinski definition) is 4. The number of likely N-dealkylation sites (N-methyl/N-ethyl adjacent to an activating group) is 1. The Morgan fingerprint density at radius 3 is 2.32 bits per heavy atom. The summed E-state index contributed by atoms with van der Waals surface area (Å²) in [5, 5.41) is 17.4. The number of benzene rings is 1. The Morgan fingerprint density at radius 1 is 1.26 bits per heavy atom. The molecule has 0 radical (unpaired) electrons. The van der Waals surface area contributed by atoms with Crippen LogP contribution in [0.25, 0.3) is 0 Å². The van der Waals surface area contributed by atoms with E-state index in [1.165, 1.54) is 4.90 Å². The van der Waals surface area contributed by atoms with E-state index in [-0.39, 0.29) is 5.91 Å². The van der Waals surface area contributed by atoms with Crippen molar-refractivity contribution < 1.29 is 9.53 Å². The summed E-state index contributed by atoms with van der Waals surface area (Å²) in [6.45, 7) is 3.27. The Kier molecular flexibility index (Phi) is 4.91. The summed E-state index contributed by atoms with van der Waals surface area (Å²) in [7, 11) is 1.56. The molecule has 0 fully saturated rings. The average Bonchev–Trinajstić information content (AvgIpc) is 2.45. The second-order valence-electron chi connectivity index (χ2n) is 4.15. The highest BCUT2D eigenvalue weighted by Crippen LogP contribution is 2.14. The Morgan fingerprint density at radius 2 is 1.84 bits per heavy atom. The number of amides is 1. The van der Waals surface area contributed by atoms with Gasteiger partial charge in [-0.15, -0.1) is 0 Å². The fraction of sp³-hybridized carbons (Fsp3) is 0.357. The molecule has 0 saturated carbocycles. The van der Waals surface area contributed by atoms with Crippen molar-refractivity contribution in [2.75, 3.05) is 7.05 Å². The zero-order chi connectivity index (χ0) is 14.4. The topological polar surface area (TPSA) is 77.1 Å². The van der Waals surface area contributed by atoms with Crippen LogP contribution in [0.3, 0.4) is 0 Å². The molecule has 0 aliphatic heterocycles. The van der Waals surface area contributed by atoms with Gasteiger partial charge in [0.15, 0.2) is 6.10 Å². The summed E-state index contributed by atoms with van der Waals surface area (Å²) in [4.78, 5) is 13.3. The van der Waals surface area contributed by atoms with Crippen LogP contribution in [0.4, 0.5) is 0 Å². The minimum Gasteiger partial charge on any atom is -0.481 e. The first-order valence-corrected chi connectivity index (χ1v) is 5.82. The predicted octanol–water partition coefficient (Wildman–Crippen LogP) is 1.70. The monoisotopic (exact) mass is 257 g/mol. The fourth-order valence-electron chi connectivity index (χ4n) is 1.43. The molecule has 1 aromatic rings. The first-order valence-electron chi connectivity index (χ1n) is 5.82. The predicted molar refractivity (Wildman–Crippen MR) is 69.1 cm³/mol. The molecule has 1 aromatic carbocycles. The van der Waals surface area contributed by atoms with E-state index >= 15 is 0 Å². The number of carbonyl (C=O) groups excluding carboxylic acids is 1. The Labute approximate surface area is 112 Å². The number of nitrogens with zero attached hydrogens (tertiary/aromatic N) is 3. The number of nitriles is 2. The molecule has 0 heterocycles. The Bertz CT molecular complexity index is 525. The van der Waals surface area contributed by atoms with Crippen LogP contribution in [-0.2, 0) is 4.79 Å². The van der Waals surface area contributed by atoms with Crippen molar-refractivity contribution in [3.63, 3.8) is 0 Å². The molecule has 1 rings (SSSR count). The van der Waals surface area contributed by atoms with Crippen LogP contribution < -0.4 is 4.74 Å². The lowest BCUT2D eigenvalue weighted by Crippen LogP contribution is -2.42. The minimum absolute atomic E-state index is 0.265. The lowest BCUT2D eigenvalue weighted by Gasteiger charge is -2.23. The SMILES string of the molecule is CC(Oc1ccc(C#N)cc1)C(=O)N(C)C(C)C#N. The van der Waals surface area contributed by atoms with E-state index in [1.807, 2.05) is 12.1 Å². The highest BCUT2D eigenvalue weighted by atomic mass is 16.5. The minimum atomic E-state index is -0.686. The van der Waals surface area contributed by atoms with E-state index in [4.69, 9.17) is 15.3 Å². The second-order valence-corrected chi connectivity index (χ2v) is 4.15. The second kappa shape index (κ2) is 6.42. The van der Waals surface area contributed by atoms with Gasteiger partial charge in [-0.1, -0.05) is 0 Å². The van der Waals surface area contributed by atoms with E-state index < -0.39 is 12.1 Å². The summed E-state index contributed by atoms with van der Waals surface area (Å²) in [6.07, 6.45) is -0.686. The van der Waals surface area contributed by atoms with Gasteiger partial charge in [0.25, 0.3) is 5.91 Å². The molecule has 1 amide bonds. The van der Waals surface area contributed by atoms with Gasteiger partial charge in [-0.25, -0.2) is 0 Å². The molecule has 0 N–H and O–H groups in total.